The minimum Gasteiger partial charge on any atom is -0.354 e. The Morgan fingerprint density at radius 3 is 2.24 bits per heavy atom. The van der Waals surface area contributed by atoms with Crippen LogP contribution in [-0.4, -0.2) is 45.9 Å². The first-order valence-electron chi connectivity index (χ1n) is 6.68. The lowest BCUT2D eigenvalue weighted by atomic mass is 10.0. The minimum absolute atomic E-state index is 0. The fourth-order valence-corrected chi connectivity index (χ4v) is 3.06. The van der Waals surface area contributed by atoms with Gasteiger partial charge in [0, 0.05) is 38.6 Å². The van der Waals surface area contributed by atoms with E-state index in [1.54, 1.807) is 12.5 Å². The van der Waals surface area contributed by atoms with E-state index in [9.17, 15) is 0 Å². The van der Waals surface area contributed by atoms with Crippen molar-refractivity contribution in [1.82, 2.24) is 25.1 Å². The quantitative estimate of drug-likeness (QED) is 0.896. The number of aromatic nitrogens is 4. The van der Waals surface area contributed by atoms with Crippen molar-refractivity contribution < 1.29 is 0 Å². The zero-order chi connectivity index (χ0) is 12.7. The molecule has 0 amide bonds. The van der Waals surface area contributed by atoms with Gasteiger partial charge in [-0.15, -0.1) is 35.0 Å². The summed E-state index contributed by atoms with van der Waals surface area (Å²) in [5.41, 5.74) is 0. The van der Waals surface area contributed by atoms with Crippen molar-refractivity contribution in [1.29, 1.82) is 0 Å². The lowest BCUT2D eigenvalue weighted by molar-refractivity contribution is 0.533. The van der Waals surface area contributed by atoms with Gasteiger partial charge in [-0.1, -0.05) is 0 Å². The molecule has 1 N–H and O–H groups in total. The second-order valence-corrected chi connectivity index (χ2v) is 5.30. The molecular weight excluding hydrogens is 311 g/mol. The van der Waals surface area contributed by atoms with Crippen LogP contribution in [-0.2, 0) is 0 Å². The molecule has 0 bridgehead atoms. The third kappa shape index (κ3) is 2.97. The second kappa shape index (κ2) is 6.60. The van der Waals surface area contributed by atoms with Crippen molar-refractivity contribution in [3.63, 3.8) is 0 Å². The number of fused-ring (bicyclic) bond motifs is 1. The van der Waals surface area contributed by atoms with Crippen LogP contribution in [0, 0.1) is 11.8 Å². The first-order chi connectivity index (χ1) is 9.40. The minimum atomic E-state index is 0. The van der Waals surface area contributed by atoms with Gasteiger partial charge in [0.2, 0.25) is 0 Å². The maximum atomic E-state index is 4.35. The lowest BCUT2D eigenvalue weighted by Gasteiger charge is -2.17. The highest BCUT2D eigenvalue weighted by atomic mass is 35.5. The second-order valence-electron chi connectivity index (χ2n) is 5.30. The summed E-state index contributed by atoms with van der Waals surface area (Å²) in [5, 5.41) is 12.1. The van der Waals surface area contributed by atoms with Crippen LogP contribution in [0.25, 0.3) is 5.82 Å². The van der Waals surface area contributed by atoms with Crippen LogP contribution in [0.5, 0.6) is 0 Å². The molecule has 8 heteroatoms. The highest BCUT2D eigenvalue weighted by Crippen LogP contribution is 2.29. The van der Waals surface area contributed by atoms with Gasteiger partial charge in [0.1, 0.15) is 6.33 Å². The van der Waals surface area contributed by atoms with Crippen LogP contribution in [0.4, 0.5) is 5.82 Å². The summed E-state index contributed by atoms with van der Waals surface area (Å²) in [7, 11) is 0. The molecule has 2 saturated heterocycles. The fourth-order valence-electron chi connectivity index (χ4n) is 3.06. The third-order valence-electron chi connectivity index (χ3n) is 4.12. The summed E-state index contributed by atoms with van der Waals surface area (Å²) in [6.07, 6.45) is 5.34. The largest absolute Gasteiger partial charge is 0.354 e. The van der Waals surface area contributed by atoms with Gasteiger partial charge >= 0.3 is 0 Å². The van der Waals surface area contributed by atoms with E-state index in [1.165, 1.54) is 0 Å². The van der Waals surface area contributed by atoms with Crippen molar-refractivity contribution in [3.8, 4) is 5.82 Å². The number of imidazole rings is 1. The smallest absolute Gasteiger partial charge is 0.160 e. The van der Waals surface area contributed by atoms with Gasteiger partial charge in [0.15, 0.2) is 11.6 Å². The monoisotopic (exact) mass is 328 g/mol. The molecule has 0 spiro atoms. The van der Waals surface area contributed by atoms with Gasteiger partial charge in [-0.3, -0.25) is 4.57 Å². The van der Waals surface area contributed by atoms with E-state index in [2.05, 4.69) is 31.5 Å². The Bertz CT molecular complexity index is 547. The number of nitrogens with zero attached hydrogens (tertiary/aromatic N) is 5. The Hall–Kier alpha value is -1.37. The normalized spacial score (nSPS) is 23.3. The topological polar surface area (TPSA) is 58.9 Å². The Kier molecular flexibility index (Phi) is 5.03. The summed E-state index contributed by atoms with van der Waals surface area (Å²) in [5.74, 6) is 3.34. The molecule has 2 unspecified atom stereocenters. The summed E-state index contributed by atoms with van der Waals surface area (Å²) < 4.78 is 1.86. The molecule has 2 aliphatic rings. The zero-order valence-corrected chi connectivity index (χ0v) is 13.1. The van der Waals surface area contributed by atoms with Crippen LogP contribution in [0.3, 0.4) is 0 Å². The first-order valence-corrected chi connectivity index (χ1v) is 6.68. The third-order valence-corrected chi connectivity index (χ3v) is 4.12. The Morgan fingerprint density at radius 2 is 1.67 bits per heavy atom. The number of nitrogens with one attached hydrogen (secondary N) is 1. The fraction of sp³-hybridized carbons (Fsp3) is 0.462. The van der Waals surface area contributed by atoms with Gasteiger partial charge in [0.25, 0.3) is 0 Å². The summed E-state index contributed by atoms with van der Waals surface area (Å²) >= 11 is 0. The van der Waals surface area contributed by atoms with Crippen LogP contribution in [0.1, 0.15) is 0 Å². The molecule has 4 rings (SSSR count). The van der Waals surface area contributed by atoms with E-state index in [1.807, 2.05) is 16.8 Å². The van der Waals surface area contributed by atoms with E-state index >= 15 is 0 Å². The number of anilines is 1. The van der Waals surface area contributed by atoms with Crippen molar-refractivity contribution in [2.75, 3.05) is 31.1 Å². The molecular formula is C13H18Cl2N6. The van der Waals surface area contributed by atoms with Gasteiger partial charge in [-0.2, -0.15) is 0 Å². The Balaban J connectivity index is 0.000000807. The van der Waals surface area contributed by atoms with Gasteiger partial charge in [-0.25, -0.2) is 4.98 Å². The van der Waals surface area contributed by atoms with Gasteiger partial charge < -0.3 is 10.2 Å². The average Bonchev–Trinajstić information content (AvgIpc) is 3.15. The number of hydrogen-bond acceptors (Lipinski definition) is 5. The molecule has 2 fully saturated rings. The summed E-state index contributed by atoms with van der Waals surface area (Å²) in [6.45, 7) is 4.47. The molecule has 0 radical (unpaired) electrons. The van der Waals surface area contributed by atoms with E-state index in [-0.39, 0.29) is 24.8 Å². The number of hydrogen-bond donors (Lipinski definition) is 1. The maximum absolute atomic E-state index is 4.35. The van der Waals surface area contributed by atoms with Crippen molar-refractivity contribution in [3.05, 3.63) is 30.9 Å². The molecule has 2 aliphatic heterocycles. The number of rotatable bonds is 2. The van der Waals surface area contributed by atoms with E-state index in [0.717, 1.165) is 49.7 Å². The van der Waals surface area contributed by atoms with Crippen molar-refractivity contribution in [2.24, 2.45) is 11.8 Å². The molecule has 0 saturated carbocycles. The average molecular weight is 329 g/mol. The van der Waals surface area contributed by atoms with E-state index in [0.29, 0.717) is 0 Å². The highest BCUT2D eigenvalue weighted by Gasteiger charge is 2.36. The molecule has 2 aromatic rings. The Morgan fingerprint density at radius 1 is 1.00 bits per heavy atom. The molecule has 0 aromatic carbocycles. The lowest BCUT2D eigenvalue weighted by Crippen LogP contribution is -2.26. The SMILES string of the molecule is Cl.Cl.c1cn(-c2ccc(N3CC4CNCC4C3)nn2)cn1. The maximum Gasteiger partial charge on any atom is 0.160 e. The molecule has 0 aliphatic carbocycles. The highest BCUT2D eigenvalue weighted by molar-refractivity contribution is 5.85. The molecule has 2 atom stereocenters. The predicted octanol–water partition coefficient (Wildman–Crippen LogP) is 1.16. The van der Waals surface area contributed by atoms with Crippen molar-refractivity contribution in [2.45, 2.75) is 0 Å². The van der Waals surface area contributed by atoms with E-state index < -0.39 is 0 Å². The van der Waals surface area contributed by atoms with Crippen molar-refractivity contribution >= 4 is 30.6 Å². The molecule has 4 heterocycles. The van der Waals surface area contributed by atoms with Crippen LogP contribution >= 0.6 is 24.8 Å². The van der Waals surface area contributed by atoms with Crippen LogP contribution in [0.2, 0.25) is 0 Å². The molecule has 21 heavy (non-hydrogen) atoms. The predicted molar refractivity (Wildman–Crippen MR) is 85.7 cm³/mol. The standard InChI is InChI=1S/C13H16N6.2ClH/c1-2-13(17-16-12(1)18-4-3-14-9-18)19-7-10-5-15-6-11(10)8-19;;/h1-4,9-11,15H,5-8H2;2*1H. The summed E-state index contributed by atoms with van der Waals surface area (Å²) in [6, 6.07) is 4.05. The van der Waals surface area contributed by atoms with E-state index in [4.69, 9.17) is 0 Å². The molecule has 2 aromatic heterocycles. The molecule has 114 valence electrons. The van der Waals surface area contributed by atoms with Crippen LogP contribution < -0.4 is 10.2 Å². The molecule has 6 nitrogen and oxygen atoms in total. The Labute approximate surface area is 135 Å². The zero-order valence-electron chi connectivity index (χ0n) is 11.4. The van der Waals surface area contributed by atoms with Gasteiger partial charge in [0.05, 0.1) is 0 Å². The summed E-state index contributed by atoms with van der Waals surface area (Å²) in [4.78, 5) is 6.36. The van der Waals surface area contributed by atoms with Crippen LogP contribution in [0.15, 0.2) is 30.9 Å². The first kappa shape index (κ1) is 16.0. The van der Waals surface area contributed by atoms with Gasteiger partial charge in [-0.05, 0) is 24.0 Å². The number of halogens is 2.